The number of nitrogens with two attached hydrogens (primary N) is 1. The van der Waals surface area contributed by atoms with Crippen molar-refractivity contribution in [2.45, 2.75) is 25.7 Å². The van der Waals surface area contributed by atoms with Crippen molar-refractivity contribution < 1.29 is 4.74 Å². The Labute approximate surface area is 121 Å². The van der Waals surface area contributed by atoms with Gasteiger partial charge in [-0.05, 0) is 42.6 Å². The van der Waals surface area contributed by atoms with E-state index in [2.05, 4.69) is 36.4 Å². The molecule has 0 heterocycles. The lowest BCUT2D eigenvalue weighted by Crippen LogP contribution is -2.00. The fourth-order valence-corrected chi connectivity index (χ4v) is 2.16. The number of benzene rings is 2. The summed E-state index contributed by atoms with van der Waals surface area (Å²) in [4.78, 5) is 0. The van der Waals surface area contributed by atoms with E-state index < -0.39 is 0 Å². The lowest BCUT2D eigenvalue weighted by atomic mass is 10.1. The van der Waals surface area contributed by atoms with E-state index in [1.54, 1.807) is 0 Å². The number of rotatable bonds is 8. The average molecular weight is 269 g/mol. The predicted octanol–water partition coefficient (Wildman–Crippen LogP) is 4.25. The summed E-state index contributed by atoms with van der Waals surface area (Å²) in [5.41, 5.74) is 7.93. The summed E-state index contributed by atoms with van der Waals surface area (Å²) in [6.45, 7) is 1.58. The summed E-state index contributed by atoms with van der Waals surface area (Å²) in [6.07, 6.45) is 4.61. The summed E-state index contributed by atoms with van der Waals surface area (Å²) in [5, 5.41) is 0. The lowest BCUT2D eigenvalue weighted by molar-refractivity contribution is 0.305. The Morgan fingerprint density at radius 2 is 1.35 bits per heavy atom. The highest BCUT2D eigenvalue weighted by Crippen LogP contribution is 2.22. The van der Waals surface area contributed by atoms with Crippen molar-refractivity contribution in [3.8, 4) is 16.9 Å². The van der Waals surface area contributed by atoms with Crippen molar-refractivity contribution in [2.75, 3.05) is 13.2 Å². The van der Waals surface area contributed by atoms with Gasteiger partial charge in [0.15, 0.2) is 0 Å². The van der Waals surface area contributed by atoms with Gasteiger partial charge < -0.3 is 10.5 Å². The molecule has 0 aromatic heterocycles. The Morgan fingerprint density at radius 3 is 2.05 bits per heavy atom. The number of hydrogen-bond acceptors (Lipinski definition) is 2. The van der Waals surface area contributed by atoms with Crippen LogP contribution in [0.4, 0.5) is 0 Å². The zero-order valence-corrected chi connectivity index (χ0v) is 11.9. The molecule has 2 rings (SSSR count). The molecule has 106 valence electrons. The van der Waals surface area contributed by atoms with Crippen LogP contribution in [0.2, 0.25) is 0 Å². The first kappa shape index (κ1) is 14.6. The normalized spacial score (nSPS) is 10.4. The van der Waals surface area contributed by atoms with E-state index in [-0.39, 0.29) is 0 Å². The van der Waals surface area contributed by atoms with Crippen LogP contribution in [-0.2, 0) is 0 Å². The van der Waals surface area contributed by atoms with Crippen molar-refractivity contribution in [1.82, 2.24) is 0 Å². The van der Waals surface area contributed by atoms with Crippen LogP contribution in [0.15, 0.2) is 54.6 Å². The van der Waals surface area contributed by atoms with Gasteiger partial charge in [-0.2, -0.15) is 0 Å². The molecular formula is C18H23NO. The molecule has 0 aliphatic carbocycles. The number of hydrogen-bond donors (Lipinski definition) is 1. The standard InChI is InChI=1S/C18H23NO/c19-14-6-1-2-7-15-20-18-12-10-17(11-13-18)16-8-4-3-5-9-16/h3-5,8-13H,1-2,6-7,14-15,19H2. The van der Waals surface area contributed by atoms with Crippen LogP contribution in [0.3, 0.4) is 0 Å². The monoisotopic (exact) mass is 269 g/mol. The second kappa shape index (κ2) is 8.39. The largest absolute Gasteiger partial charge is 0.494 e. The molecule has 2 aromatic rings. The molecule has 0 bridgehead atoms. The molecule has 2 heteroatoms. The highest BCUT2D eigenvalue weighted by Gasteiger charge is 1.98. The van der Waals surface area contributed by atoms with Crippen LogP contribution in [0.1, 0.15) is 25.7 Å². The quantitative estimate of drug-likeness (QED) is 0.727. The van der Waals surface area contributed by atoms with Gasteiger partial charge in [-0.15, -0.1) is 0 Å². The summed E-state index contributed by atoms with van der Waals surface area (Å²) in [5.74, 6) is 0.948. The molecule has 0 aliphatic rings. The van der Waals surface area contributed by atoms with Gasteiger partial charge >= 0.3 is 0 Å². The molecule has 2 nitrogen and oxygen atoms in total. The molecule has 0 radical (unpaired) electrons. The SMILES string of the molecule is NCCCCCCOc1ccc(-c2ccccc2)cc1. The van der Waals surface area contributed by atoms with E-state index in [0.29, 0.717) is 0 Å². The van der Waals surface area contributed by atoms with Gasteiger partial charge in [0, 0.05) is 0 Å². The third kappa shape index (κ3) is 4.71. The first-order chi connectivity index (χ1) is 9.90. The van der Waals surface area contributed by atoms with Gasteiger partial charge in [0.1, 0.15) is 5.75 Å². The van der Waals surface area contributed by atoms with Gasteiger partial charge in [0.2, 0.25) is 0 Å². The zero-order valence-electron chi connectivity index (χ0n) is 11.9. The van der Waals surface area contributed by atoms with E-state index in [1.807, 2.05) is 18.2 Å². The smallest absolute Gasteiger partial charge is 0.119 e. The van der Waals surface area contributed by atoms with Crippen LogP contribution >= 0.6 is 0 Å². The molecule has 0 fully saturated rings. The highest BCUT2D eigenvalue weighted by molar-refractivity contribution is 5.63. The van der Waals surface area contributed by atoms with Crippen molar-refractivity contribution in [3.63, 3.8) is 0 Å². The van der Waals surface area contributed by atoms with Crippen LogP contribution in [0, 0.1) is 0 Å². The summed E-state index contributed by atoms with van der Waals surface area (Å²) < 4.78 is 5.75. The second-order valence-corrected chi connectivity index (χ2v) is 4.94. The Hall–Kier alpha value is -1.80. The Morgan fingerprint density at radius 1 is 0.700 bits per heavy atom. The maximum absolute atomic E-state index is 5.75. The molecule has 0 unspecified atom stereocenters. The van der Waals surface area contributed by atoms with Crippen LogP contribution in [0.5, 0.6) is 5.75 Å². The molecule has 0 spiro atoms. The van der Waals surface area contributed by atoms with Crippen molar-refractivity contribution >= 4 is 0 Å². The minimum absolute atomic E-state index is 0.787. The maximum Gasteiger partial charge on any atom is 0.119 e. The van der Waals surface area contributed by atoms with Gasteiger partial charge in [0.25, 0.3) is 0 Å². The Kier molecular flexibility index (Phi) is 6.12. The van der Waals surface area contributed by atoms with Crippen LogP contribution < -0.4 is 10.5 Å². The molecular weight excluding hydrogens is 246 g/mol. The van der Waals surface area contributed by atoms with Gasteiger partial charge in [-0.25, -0.2) is 0 Å². The third-order valence-corrected chi connectivity index (χ3v) is 3.33. The highest BCUT2D eigenvalue weighted by atomic mass is 16.5. The summed E-state index contributed by atoms with van der Waals surface area (Å²) >= 11 is 0. The van der Waals surface area contributed by atoms with Gasteiger partial charge in [-0.3, -0.25) is 0 Å². The molecule has 0 saturated carbocycles. The van der Waals surface area contributed by atoms with Crippen molar-refractivity contribution in [3.05, 3.63) is 54.6 Å². The molecule has 0 amide bonds. The number of unbranched alkanes of at least 4 members (excludes halogenated alkanes) is 3. The van der Waals surface area contributed by atoms with Crippen molar-refractivity contribution in [2.24, 2.45) is 5.73 Å². The molecule has 2 aromatic carbocycles. The van der Waals surface area contributed by atoms with E-state index in [1.165, 1.54) is 24.0 Å². The first-order valence-corrected chi connectivity index (χ1v) is 7.38. The zero-order chi connectivity index (χ0) is 14.0. The molecule has 0 atom stereocenters. The number of ether oxygens (including phenoxy) is 1. The first-order valence-electron chi connectivity index (χ1n) is 7.38. The van der Waals surface area contributed by atoms with E-state index in [4.69, 9.17) is 10.5 Å². The van der Waals surface area contributed by atoms with E-state index >= 15 is 0 Å². The molecule has 2 N–H and O–H groups in total. The van der Waals surface area contributed by atoms with Crippen LogP contribution in [-0.4, -0.2) is 13.2 Å². The predicted molar refractivity (Wildman–Crippen MR) is 84.9 cm³/mol. The van der Waals surface area contributed by atoms with Crippen molar-refractivity contribution in [1.29, 1.82) is 0 Å². The minimum atomic E-state index is 0.787. The lowest BCUT2D eigenvalue weighted by Gasteiger charge is -2.07. The third-order valence-electron chi connectivity index (χ3n) is 3.33. The molecule has 0 aliphatic heterocycles. The van der Waals surface area contributed by atoms with E-state index in [9.17, 15) is 0 Å². The minimum Gasteiger partial charge on any atom is -0.494 e. The Bertz CT molecular complexity index is 479. The van der Waals surface area contributed by atoms with Crippen LogP contribution in [0.25, 0.3) is 11.1 Å². The topological polar surface area (TPSA) is 35.2 Å². The Balaban J connectivity index is 1.77. The molecule has 0 saturated heterocycles. The summed E-state index contributed by atoms with van der Waals surface area (Å²) in [7, 11) is 0. The van der Waals surface area contributed by atoms with Gasteiger partial charge in [-0.1, -0.05) is 55.3 Å². The fourth-order valence-electron chi connectivity index (χ4n) is 2.16. The maximum atomic E-state index is 5.75. The average Bonchev–Trinajstić information content (AvgIpc) is 2.52. The summed E-state index contributed by atoms with van der Waals surface area (Å²) in [6, 6.07) is 18.7. The molecule has 20 heavy (non-hydrogen) atoms. The van der Waals surface area contributed by atoms with Gasteiger partial charge in [0.05, 0.1) is 6.61 Å². The van der Waals surface area contributed by atoms with E-state index in [0.717, 1.165) is 31.7 Å². The fraction of sp³-hybridized carbons (Fsp3) is 0.333. The second-order valence-electron chi connectivity index (χ2n) is 4.94.